The van der Waals surface area contributed by atoms with Gasteiger partial charge < -0.3 is 18.9 Å². The molecular formula is C16H16N2O4. The Balaban J connectivity index is 1.51. The minimum Gasteiger partial charge on any atom is -0.345 e. The number of hydrogen-bond donors (Lipinski definition) is 0. The van der Waals surface area contributed by atoms with Crippen molar-refractivity contribution in [1.29, 1.82) is 0 Å². The molecule has 0 radical (unpaired) electrons. The molecule has 0 aliphatic carbocycles. The van der Waals surface area contributed by atoms with E-state index in [0.717, 1.165) is 22.5 Å². The van der Waals surface area contributed by atoms with Gasteiger partial charge in [-0.05, 0) is 12.1 Å². The molecule has 2 aromatic heterocycles. The predicted octanol–water partition coefficient (Wildman–Crippen LogP) is 2.23. The lowest BCUT2D eigenvalue weighted by atomic mass is 10.1. The summed E-state index contributed by atoms with van der Waals surface area (Å²) >= 11 is 0. The van der Waals surface area contributed by atoms with E-state index in [1.807, 2.05) is 24.3 Å². The van der Waals surface area contributed by atoms with Crippen LogP contribution in [0.2, 0.25) is 0 Å². The smallest absolute Gasteiger partial charge is 0.201 e. The second kappa shape index (κ2) is 6.10. The van der Waals surface area contributed by atoms with Gasteiger partial charge in [0.25, 0.3) is 0 Å². The Morgan fingerprint density at radius 1 is 0.636 bits per heavy atom. The topological polar surface area (TPSA) is 62.7 Å². The largest absolute Gasteiger partial charge is 0.345 e. The number of aromatic nitrogens is 2. The maximum atomic E-state index is 5.43. The SMILES string of the molecule is c1cc(C2OCCO2)ncc1-c1ccc(C2OCCO2)nc1. The van der Waals surface area contributed by atoms with Crippen molar-refractivity contribution in [2.75, 3.05) is 26.4 Å². The number of nitrogens with zero attached hydrogens (tertiary/aromatic N) is 2. The summed E-state index contributed by atoms with van der Waals surface area (Å²) in [4.78, 5) is 8.82. The monoisotopic (exact) mass is 300 g/mol. The van der Waals surface area contributed by atoms with Gasteiger partial charge in [0.2, 0.25) is 12.6 Å². The van der Waals surface area contributed by atoms with Gasteiger partial charge >= 0.3 is 0 Å². The molecule has 0 amide bonds. The predicted molar refractivity (Wildman–Crippen MR) is 76.8 cm³/mol. The molecule has 2 aromatic rings. The Labute approximate surface area is 128 Å². The molecule has 6 nitrogen and oxygen atoms in total. The van der Waals surface area contributed by atoms with E-state index in [1.54, 1.807) is 12.4 Å². The highest BCUT2D eigenvalue weighted by atomic mass is 16.7. The Morgan fingerprint density at radius 3 is 1.36 bits per heavy atom. The van der Waals surface area contributed by atoms with Crippen molar-refractivity contribution in [2.24, 2.45) is 0 Å². The van der Waals surface area contributed by atoms with Crippen molar-refractivity contribution in [2.45, 2.75) is 12.6 Å². The first kappa shape index (κ1) is 13.8. The highest BCUT2D eigenvalue weighted by Gasteiger charge is 2.20. The van der Waals surface area contributed by atoms with Crippen LogP contribution in [0.5, 0.6) is 0 Å². The molecule has 0 atom stereocenters. The van der Waals surface area contributed by atoms with Crippen molar-refractivity contribution < 1.29 is 18.9 Å². The molecule has 114 valence electrons. The average molecular weight is 300 g/mol. The first-order valence-corrected chi connectivity index (χ1v) is 7.29. The van der Waals surface area contributed by atoms with Gasteiger partial charge in [-0.15, -0.1) is 0 Å². The highest BCUT2D eigenvalue weighted by molar-refractivity contribution is 5.61. The normalized spacial score (nSPS) is 19.8. The van der Waals surface area contributed by atoms with E-state index in [0.29, 0.717) is 26.4 Å². The Morgan fingerprint density at radius 2 is 1.05 bits per heavy atom. The lowest BCUT2D eigenvalue weighted by Gasteiger charge is -2.10. The van der Waals surface area contributed by atoms with Gasteiger partial charge in [-0.1, -0.05) is 12.1 Å². The van der Waals surface area contributed by atoms with Gasteiger partial charge in [0.1, 0.15) is 0 Å². The zero-order valence-electron chi connectivity index (χ0n) is 12.0. The van der Waals surface area contributed by atoms with Crippen molar-refractivity contribution in [1.82, 2.24) is 9.97 Å². The summed E-state index contributed by atoms with van der Waals surface area (Å²) in [6.45, 7) is 2.46. The van der Waals surface area contributed by atoms with Crippen LogP contribution in [-0.2, 0) is 18.9 Å². The molecule has 6 heteroatoms. The summed E-state index contributed by atoms with van der Waals surface area (Å²) in [5, 5.41) is 0. The first-order valence-electron chi connectivity index (χ1n) is 7.29. The summed E-state index contributed by atoms with van der Waals surface area (Å²) < 4.78 is 21.7. The number of rotatable bonds is 3. The summed E-state index contributed by atoms with van der Waals surface area (Å²) in [7, 11) is 0. The summed E-state index contributed by atoms with van der Waals surface area (Å²) in [6, 6.07) is 7.82. The van der Waals surface area contributed by atoms with Gasteiger partial charge in [0.05, 0.1) is 37.8 Å². The minimum atomic E-state index is -0.341. The Bertz CT molecular complexity index is 560. The summed E-state index contributed by atoms with van der Waals surface area (Å²) in [6.07, 6.45) is 2.93. The van der Waals surface area contributed by atoms with Crippen LogP contribution in [0.4, 0.5) is 0 Å². The average Bonchev–Trinajstić information content (AvgIpc) is 3.29. The van der Waals surface area contributed by atoms with Crippen molar-refractivity contribution in [3.8, 4) is 11.1 Å². The molecule has 0 saturated carbocycles. The van der Waals surface area contributed by atoms with Gasteiger partial charge in [-0.2, -0.15) is 0 Å². The number of pyridine rings is 2. The maximum Gasteiger partial charge on any atom is 0.201 e. The van der Waals surface area contributed by atoms with Gasteiger partial charge in [-0.3, -0.25) is 9.97 Å². The van der Waals surface area contributed by atoms with E-state index in [1.165, 1.54) is 0 Å². The molecule has 0 unspecified atom stereocenters. The lowest BCUT2D eigenvalue weighted by molar-refractivity contribution is -0.0474. The van der Waals surface area contributed by atoms with Gasteiger partial charge in [0.15, 0.2) is 0 Å². The van der Waals surface area contributed by atoms with Gasteiger partial charge in [0, 0.05) is 23.5 Å². The van der Waals surface area contributed by atoms with Crippen LogP contribution in [0.15, 0.2) is 36.7 Å². The van der Waals surface area contributed by atoms with E-state index in [4.69, 9.17) is 18.9 Å². The second-order valence-corrected chi connectivity index (χ2v) is 5.09. The quantitative estimate of drug-likeness (QED) is 0.866. The third-order valence-corrected chi connectivity index (χ3v) is 3.63. The standard InChI is InChI=1S/C16H16N2O4/c1-3-13(15-19-5-6-20-15)17-9-11(1)12-2-4-14(18-10-12)16-21-7-8-22-16/h1-4,9-10,15-16H,5-8H2. The molecule has 4 heterocycles. The number of ether oxygens (including phenoxy) is 4. The Kier molecular flexibility index (Phi) is 3.82. The van der Waals surface area contributed by atoms with Crippen LogP contribution in [0, 0.1) is 0 Å². The molecule has 2 aliphatic heterocycles. The van der Waals surface area contributed by atoms with E-state index in [-0.39, 0.29) is 12.6 Å². The molecule has 22 heavy (non-hydrogen) atoms. The molecular weight excluding hydrogens is 284 g/mol. The Hall–Kier alpha value is -1.86. The molecule has 2 aliphatic rings. The van der Waals surface area contributed by atoms with Crippen molar-refractivity contribution in [3.63, 3.8) is 0 Å². The van der Waals surface area contributed by atoms with Crippen LogP contribution in [-0.4, -0.2) is 36.4 Å². The molecule has 0 N–H and O–H groups in total. The third-order valence-electron chi connectivity index (χ3n) is 3.63. The van der Waals surface area contributed by atoms with E-state index >= 15 is 0 Å². The molecule has 2 fully saturated rings. The molecule has 2 saturated heterocycles. The summed E-state index contributed by atoms with van der Waals surface area (Å²) in [5.41, 5.74) is 3.57. The van der Waals surface area contributed by atoms with E-state index < -0.39 is 0 Å². The molecule has 0 spiro atoms. The lowest BCUT2D eigenvalue weighted by Crippen LogP contribution is -2.02. The first-order chi connectivity index (χ1) is 10.9. The van der Waals surface area contributed by atoms with Crippen LogP contribution >= 0.6 is 0 Å². The van der Waals surface area contributed by atoms with E-state index in [2.05, 4.69) is 9.97 Å². The minimum absolute atomic E-state index is 0.341. The van der Waals surface area contributed by atoms with Crippen LogP contribution in [0.3, 0.4) is 0 Å². The molecule has 0 aromatic carbocycles. The summed E-state index contributed by atoms with van der Waals surface area (Å²) in [5.74, 6) is 0. The van der Waals surface area contributed by atoms with Crippen LogP contribution < -0.4 is 0 Å². The fourth-order valence-corrected chi connectivity index (χ4v) is 2.49. The fraction of sp³-hybridized carbons (Fsp3) is 0.375. The van der Waals surface area contributed by atoms with E-state index in [9.17, 15) is 0 Å². The number of hydrogen-bond acceptors (Lipinski definition) is 6. The van der Waals surface area contributed by atoms with Crippen LogP contribution in [0.25, 0.3) is 11.1 Å². The highest BCUT2D eigenvalue weighted by Crippen LogP contribution is 2.26. The van der Waals surface area contributed by atoms with Gasteiger partial charge in [-0.25, -0.2) is 0 Å². The maximum absolute atomic E-state index is 5.43. The van der Waals surface area contributed by atoms with Crippen molar-refractivity contribution >= 4 is 0 Å². The molecule has 4 rings (SSSR count). The molecule has 0 bridgehead atoms. The second-order valence-electron chi connectivity index (χ2n) is 5.09. The fourth-order valence-electron chi connectivity index (χ4n) is 2.49. The van der Waals surface area contributed by atoms with Crippen LogP contribution in [0.1, 0.15) is 24.0 Å². The zero-order chi connectivity index (χ0) is 14.8. The van der Waals surface area contributed by atoms with Crippen molar-refractivity contribution in [3.05, 3.63) is 48.0 Å². The third kappa shape index (κ3) is 2.74. The zero-order valence-corrected chi connectivity index (χ0v) is 12.0.